The molecule has 0 N–H and O–H groups in total. The molecule has 0 spiro atoms. The zero-order valence-electron chi connectivity index (χ0n) is 19.6. The number of benzene rings is 2. The first kappa shape index (κ1) is 22.8. The number of halogens is 1. The van der Waals surface area contributed by atoms with Crippen LogP contribution in [0, 0.1) is 0 Å². The SMILES string of the molecule is CCOc1ccccc1N1CCN(C(=O)CN2CCn3cccc3C2c2ccccc2Cl)CC1. The molecule has 6 nitrogen and oxygen atoms in total. The third-order valence-corrected chi connectivity index (χ3v) is 7.16. The number of nitrogens with zero attached hydrogens (tertiary/aromatic N) is 4. The second kappa shape index (κ2) is 10.1. The summed E-state index contributed by atoms with van der Waals surface area (Å²) in [6.07, 6.45) is 2.11. The van der Waals surface area contributed by atoms with Gasteiger partial charge in [-0.1, -0.05) is 41.9 Å². The number of aromatic nitrogens is 1. The summed E-state index contributed by atoms with van der Waals surface area (Å²) in [7, 11) is 0. The Balaban J connectivity index is 1.28. The first-order valence-electron chi connectivity index (χ1n) is 12.0. The average molecular weight is 479 g/mol. The third kappa shape index (κ3) is 4.52. The van der Waals surface area contributed by atoms with E-state index in [4.69, 9.17) is 16.3 Å². The summed E-state index contributed by atoms with van der Waals surface area (Å²) in [5, 5.41) is 0.737. The number of carbonyl (C=O) groups excluding carboxylic acids is 1. The second-order valence-corrected chi connectivity index (χ2v) is 9.20. The van der Waals surface area contributed by atoms with Crippen molar-refractivity contribution in [2.24, 2.45) is 0 Å². The van der Waals surface area contributed by atoms with E-state index in [1.165, 1.54) is 5.69 Å². The van der Waals surface area contributed by atoms with Crippen LogP contribution >= 0.6 is 11.6 Å². The number of anilines is 1. The minimum atomic E-state index is -0.0271. The Kier molecular flexibility index (Phi) is 6.79. The van der Waals surface area contributed by atoms with E-state index >= 15 is 0 Å². The lowest BCUT2D eigenvalue weighted by atomic mass is 9.99. The molecule has 1 unspecified atom stereocenters. The van der Waals surface area contributed by atoms with Crippen molar-refractivity contribution in [1.29, 1.82) is 0 Å². The molecule has 1 aromatic heterocycles. The zero-order valence-corrected chi connectivity index (χ0v) is 20.3. The summed E-state index contributed by atoms with van der Waals surface area (Å²) in [5.41, 5.74) is 3.34. The smallest absolute Gasteiger partial charge is 0.236 e. The van der Waals surface area contributed by atoms with E-state index in [1.54, 1.807) is 0 Å². The fourth-order valence-electron chi connectivity index (χ4n) is 5.12. The molecular formula is C27H31ClN4O2. The van der Waals surface area contributed by atoms with Crippen LogP contribution in [0.15, 0.2) is 66.9 Å². The van der Waals surface area contributed by atoms with Crippen molar-refractivity contribution in [2.45, 2.75) is 19.5 Å². The van der Waals surface area contributed by atoms with Crippen LogP contribution in [-0.2, 0) is 11.3 Å². The van der Waals surface area contributed by atoms with Gasteiger partial charge in [-0.05, 0) is 42.8 Å². The van der Waals surface area contributed by atoms with Gasteiger partial charge in [-0.15, -0.1) is 0 Å². The van der Waals surface area contributed by atoms with E-state index in [0.717, 1.165) is 48.2 Å². The highest BCUT2D eigenvalue weighted by Gasteiger charge is 2.33. The summed E-state index contributed by atoms with van der Waals surface area (Å²) >= 11 is 6.60. The first-order valence-corrected chi connectivity index (χ1v) is 12.4. The number of ether oxygens (including phenoxy) is 1. The van der Waals surface area contributed by atoms with Gasteiger partial charge in [0.15, 0.2) is 0 Å². The quantitative estimate of drug-likeness (QED) is 0.530. The summed E-state index contributed by atoms with van der Waals surface area (Å²) in [4.78, 5) is 20.0. The lowest BCUT2D eigenvalue weighted by molar-refractivity contribution is -0.133. The molecular weight excluding hydrogens is 448 g/mol. The molecule has 3 aromatic rings. The van der Waals surface area contributed by atoms with Crippen molar-refractivity contribution >= 4 is 23.2 Å². The molecule has 178 valence electrons. The Hall–Kier alpha value is -2.96. The Morgan fingerprint density at radius 3 is 2.50 bits per heavy atom. The van der Waals surface area contributed by atoms with Gasteiger partial charge in [0.1, 0.15) is 5.75 Å². The normalized spacial score (nSPS) is 18.6. The molecule has 5 rings (SSSR count). The fraction of sp³-hybridized carbons (Fsp3) is 0.370. The predicted molar refractivity (Wildman–Crippen MR) is 136 cm³/mol. The van der Waals surface area contributed by atoms with E-state index in [2.05, 4.69) is 44.8 Å². The number of hydrogen-bond acceptors (Lipinski definition) is 4. The molecule has 0 saturated carbocycles. The monoisotopic (exact) mass is 478 g/mol. The topological polar surface area (TPSA) is 41.0 Å². The van der Waals surface area contributed by atoms with Crippen LogP contribution in [0.3, 0.4) is 0 Å². The van der Waals surface area contributed by atoms with Gasteiger partial charge in [0.2, 0.25) is 5.91 Å². The Bertz CT molecular complexity index is 1140. The average Bonchev–Trinajstić information content (AvgIpc) is 3.34. The first-order chi connectivity index (χ1) is 16.7. The molecule has 2 aliphatic rings. The van der Waals surface area contributed by atoms with E-state index in [0.29, 0.717) is 26.2 Å². The lowest BCUT2D eigenvalue weighted by Gasteiger charge is -2.40. The zero-order chi connectivity index (χ0) is 23.5. The van der Waals surface area contributed by atoms with Gasteiger partial charge in [-0.25, -0.2) is 0 Å². The maximum atomic E-state index is 13.4. The highest BCUT2D eigenvalue weighted by molar-refractivity contribution is 6.31. The lowest BCUT2D eigenvalue weighted by Crippen LogP contribution is -2.52. The Morgan fingerprint density at radius 2 is 1.71 bits per heavy atom. The highest BCUT2D eigenvalue weighted by Crippen LogP contribution is 2.36. The number of carbonyl (C=O) groups is 1. The van der Waals surface area contributed by atoms with Gasteiger partial charge in [0.25, 0.3) is 0 Å². The van der Waals surface area contributed by atoms with Gasteiger partial charge in [0, 0.05) is 56.2 Å². The number of hydrogen-bond donors (Lipinski definition) is 0. The molecule has 2 aromatic carbocycles. The summed E-state index contributed by atoms with van der Waals surface area (Å²) in [6.45, 7) is 7.72. The van der Waals surface area contributed by atoms with Gasteiger partial charge in [-0.2, -0.15) is 0 Å². The second-order valence-electron chi connectivity index (χ2n) is 8.79. The number of piperazine rings is 1. The van der Waals surface area contributed by atoms with E-state index < -0.39 is 0 Å². The van der Waals surface area contributed by atoms with Crippen molar-refractivity contribution in [3.63, 3.8) is 0 Å². The van der Waals surface area contributed by atoms with E-state index in [-0.39, 0.29) is 11.9 Å². The Labute approximate surface area is 206 Å². The number of para-hydroxylation sites is 2. The molecule has 0 aliphatic carbocycles. The molecule has 7 heteroatoms. The predicted octanol–water partition coefficient (Wildman–Crippen LogP) is 4.29. The van der Waals surface area contributed by atoms with Crippen LogP contribution in [0.25, 0.3) is 0 Å². The van der Waals surface area contributed by atoms with Crippen LogP contribution in [-0.4, -0.2) is 66.1 Å². The molecule has 34 heavy (non-hydrogen) atoms. The maximum Gasteiger partial charge on any atom is 0.236 e. The van der Waals surface area contributed by atoms with Gasteiger partial charge in [0.05, 0.1) is 24.9 Å². The summed E-state index contributed by atoms with van der Waals surface area (Å²) < 4.78 is 8.08. The molecule has 0 radical (unpaired) electrons. The van der Waals surface area contributed by atoms with Gasteiger partial charge >= 0.3 is 0 Å². The minimum Gasteiger partial charge on any atom is -0.492 e. The number of rotatable bonds is 6. The van der Waals surface area contributed by atoms with Crippen LogP contribution in [0.1, 0.15) is 24.2 Å². The molecule has 0 bridgehead atoms. The molecule has 1 atom stereocenters. The van der Waals surface area contributed by atoms with Crippen LogP contribution in [0.4, 0.5) is 5.69 Å². The third-order valence-electron chi connectivity index (χ3n) is 6.81. The molecule has 2 aliphatic heterocycles. The van der Waals surface area contributed by atoms with Crippen molar-refractivity contribution in [2.75, 3.05) is 50.8 Å². The molecule has 1 fully saturated rings. The van der Waals surface area contributed by atoms with E-state index in [9.17, 15) is 4.79 Å². The number of fused-ring (bicyclic) bond motifs is 1. The number of amides is 1. The van der Waals surface area contributed by atoms with Crippen LogP contribution in [0.2, 0.25) is 5.02 Å². The summed E-state index contributed by atoms with van der Waals surface area (Å²) in [6, 6.07) is 20.3. The minimum absolute atomic E-state index is 0.0271. The van der Waals surface area contributed by atoms with Gasteiger partial charge in [-0.3, -0.25) is 9.69 Å². The van der Waals surface area contributed by atoms with Crippen LogP contribution < -0.4 is 9.64 Å². The van der Waals surface area contributed by atoms with Crippen molar-refractivity contribution < 1.29 is 9.53 Å². The van der Waals surface area contributed by atoms with Crippen molar-refractivity contribution in [1.82, 2.24) is 14.4 Å². The van der Waals surface area contributed by atoms with Crippen molar-refractivity contribution in [3.8, 4) is 5.75 Å². The fourth-order valence-corrected chi connectivity index (χ4v) is 5.36. The highest BCUT2D eigenvalue weighted by atomic mass is 35.5. The maximum absolute atomic E-state index is 13.4. The van der Waals surface area contributed by atoms with Gasteiger partial charge < -0.3 is 19.1 Å². The van der Waals surface area contributed by atoms with Crippen molar-refractivity contribution in [3.05, 3.63) is 83.1 Å². The van der Waals surface area contributed by atoms with E-state index in [1.807, 2.05) is 48.2 Å². The largest absolute Gasteiger partial charge is 0.492 e. The molecule has 1 saturated heterocycles. The van der Waals surface area contributed by atoms with Crippen LogP contribution in [0.5, 0.6) is 5.75 Å². The summed E-state index contributed by atoms with van der Waals surface area (Å²) in [5.74, 6) is 1.08. The molecule has 3 heterocycles. The molecule has 1 amide bonds. The Morgan fingerprint density at radius 1 is 0.941 bits per heavy atom. The standard InChI is InChI=1S/C27H31ClN4O2/c1-2-34-25-12-6-5-10-23(25)30-14-17-31(18-15-30)26(33)20-32-19-16-29-13-7-11-24(29)27(32)21-8-3-4-9-22(21)28/h3-13,27H,2,14-20H2,1H3.